The van der Waals surface area contributed by atoms with Crippen LogP contribution >= 0.6 is 11.8 Å². The molecule has 166 valence electrons. The van der Waals surface area contributed by atoms with Gasteiger partial charge in [0.05, 0.1) is 5.56 Å². The van der Waals surface area contributed by atoms with Crippen molar-refractivity contribution in [3.05, 3.63) is 59.8 Å². The highest BCUT2D eigenvalue weighted by molar-refractivity contribution is 7.99. The molecule has 6 heteroatoms. The number of aromatic nitrogens is 1. The topological polar surface area (TPSA) is 48.5 Å². The molecule has 1 aromatic carbocycles. The van der Waals surface area contributed by atoms with Crippen LogP contribution in [-0.2, 0) is 0 Å². The molecule has 2 aromatic rings. The van der Waals surface area contributed by atoms with Crippen LogP contribution in [0.5, 0.6) is 0 Å². The summed E-state index contributed by atoms with van der Waals surface area (Å²) in [5.74, 6) is 0.00610. The Morgan fingerprint density at radius 1 is 1.13 bits per heavy atom. The van der Waals surface area contributed by atoms with E-state index >= 15 is 0 Å². The van der Waals surface area contributed by atoms with Crippen molar-refractivity contribution in [1.29, 1.82) is 0 Å². The molecule has 1 saturated carbocycles. The van der Waals surface area contributed by atoms with E-state index in [0.29, 0.717) is 17.8 Å². The molecule has 2 fully saturated rings. The molecule has 1 aliphatic heterocycles. The number of amides is 1. The smallest absolute Gasteiger partial charge is 0.254 e. The van der Waals surface area contributed by atoms with Crippen LogP contribution in [0, 0.1) is 0 Å². The molecule has 0 radical (unpaired) electrons. The van der Waals surface area contributed by atoms with Crippen molar-refractivity contribution in [2.75, 3.05) is 39.8 Å². The van der Waals surface area contributed by atoms with Gasteiger partial charge in [-0.15, -0.1) is 11.8 Å². The van der Waals surface area contributed by atoms with Crippen LogP contribution in [0.25, 0.3) is 0 Å². The van der Waals surface area contributed by atoms with Gasteiger partial charge in [0.25, 0.3) is 5.91 Å². The highest BCUT2D eigenvalue weighted by Crippen LogP contribution is 2.35. The number of rotatable bonds is 8. The molecule has 2 heterocycles. The molecular formula is C25H34N4OS. The first-order valence-corrected chi connectivity index (χ1v) is 12.5. The molecule has 5 nitrogen and oxygen atoms in total. The lowest BCUT2D eigenvalue weighted by Gasteiger charge is -2.40. The monoisotopic (exact) mass is 438 g/mol. The quantitative estimate of drug-likeness (QED) is 0.625. The Kier molecular flexibility index (Phi) is 8.00. The zero-order chi connectivity index (χ0) is 21.5. The van der Waals surface area contributed by atoms with E-state index in [0.717, 1.165) is 43.2 Å². The molecule has 1 N–H and O–H groups in total. The van der Waals surface area contributed by atoms with Crippen molar-refractivity contribution in [1.82, 2.24) is 20.1 Å². The molecular weight excluding hydrogens is 404 g/mol. The van der Waals surface area contributed by atoms with Crippen molar-refractivity contribution in [2.45, 2.75) is 48.4 Å². The molecule has 1 amide bonds. The number of nitrogens with one attached hydrogen (secondary N) is 1. The van der Waals surface area contributed by atoms with Crippen molar-refractivity contribution in [2.24, 2.45) is 0 Å². The van der Waals surface area contributed by atoms with Crippen molar-refractivity contribution in [3.63, 3.8) is 0 Å². The second-order valence-electron chi connectivity index (χ2n) is 8.71. The van der Waals surface area contributed by atoms with E-state index in [2.05, 4.69) is 57.5 Å². The molecule has 4 rings (SSSR count). The van der Waals surface area contributed by atoms with E-state index < -0.39 is 0 Å². The second-order valence-corrected chi connectivity index (χ2v) is 10.0. The summed E-state index contributed by atoms with van der Waals surface area (Å²) < 4.78 is 0. The third-order valence-electron chi connectivity index (χ3n) is 6.38. The molecule has 1 aliphatic carbocycles. The van der Waals surface area contributed by atoms with Gasteiger partial charge < -0.3 is 10.2 Å². The fraction of sp³-hybridized carbons (Fsp3) is 0.520. The Balaban J connectivity index is 1.29. The number of hydrogen-bond acceptors (Lipinski definition) is 5. The Morgan fingerprint density at radius 2 is 1.94 bits per heavy atom. The van der Waals surface area contributed by atoms with Crippen molar-refractivity contribution < 1.29 is 4.79 Å². The van der Waals surface area contributed by atoms with Crippen LogP contribution in [0.3, 0.4) is 0 Å². The Bertz CT molecular complexity index is 840. The lowest BCUT2D eigenvalue weighted by Crippen LogP contribution is -2.47. The highest BCUT2D eigenvalue weighted by Gasteiger charge is 2.26. The lowest BCUT2D eigenvalue weighted by atomic mass is 10.0. The summed E-state index contributed by atoms with van der Waals surface area (Å²) in [4.78, 5) is 22.3. The molecule has 0 bridgehead atoms. The number of pyridine rings is 1. The van der Waals surface area contributed by atoms with Gasteiger partial charge in [0.1, 0.15) is 5.03 Å². The second kappa shape index (κ2) is 11.1. The van der Waals surface area contributed by atoms with Crippen LogP contribution < -0.4 is 5.32 Å². The third kappa shape index (κ3) is 6.09. The van der Waals surface area contributed by atoms with Crippen LogP contribution in [0.15, 0.2) is 53.7 Å². The van der Waals surface area contributed by atoms with E-state index in [1.807, 2.05) is 12.1 Å². The summed E-state index contributed by atoms with van der Waals surface area (Å²) in [5.41, 5.74) is 2.10. The molecule has 1 aromatic heterocycles. The summed E-state index contributed by atoms with van der Waals surface area (Å²) in [5, 5.41) is 4.63. The van der Waals surface area contributed by atoms with E-state index in [1.54, 1.807) is 18.0 Å². The summed E-state index contributed by atoms with van der Waals surface area (Å²) >= 11 is 1.78. The largest absolute Gasteiger partial charge is 0.352 e. The van der Waals surface area contributed by atoms with E-state index in [9.17, 15) is 4.79 Å². The van der Waals surface area contributed by atoms with Crippen molar-refractivity contribution in [3.8, 4) is 0 Å². The number of carbonyl (C=O) groups is 1. The summed E-state index contributed by atoms with van der Waals surface area (Å²) in [6, 6.07) is 15.0. The number of hydrogen-bond donors (Lipinski definition) is 1. The fourth-order valence-electron chi connectivity index (χ4n) is 4.62. The van der Waals surface area contributed by atoms with Gasteiger partial charge in [-0.25, -0.2) is 4.98 Å². The minimum absolute atomic E-state index is 0.00610. The first kappa shape index (κ1) is 22.3. The maximum Gasteiger partial charge on any atom is 0.254 e. The predicted molar refractivity (Wildman–Crippen MR) is 128 cm³/mol. The average Bonchev–Trinajstić information content (AvgIpc) is 3.31. The summed E-state index contributed by atoms with van der Waals surface area (Å²) in [7, 11) is 2.20. The third-order valence-corrected chi connectivity index (χ3v) is 7.74. The van der Waals surface area contributed by atoms with Crippen LogP contribution in [0.2, 0.25) is 0 Å². The minimum Gasteiger partial charge on any atom is -0.352 e. The molecule has 0 spiro atoms. The lowest BCUT2D eigenvalue weighted by molar-refractivity contribution is 0.0865. The standard InChI is InChI=1S/C25H34N4OS/c1-28-17-18-29(23(19-28)20-9-3-2-4-10-20)16-8-15-26-24(30)22-13-7-14-27-25(22)31-21-11-5-6-12-21/h2-4,7,9-10,13-14,21,23H,5-6,8,11-12,15-19H2,1H3,(H,26,30). The van der Waals surface area contributed by atoms with E-state index in [-0.39, 0.29) is 5.91 Å². The van der Waals surface area contributed by atoms with Crippen LogP contribution in [0.4, 0.5) is 0 Å². The number of carbonyl (C=O) groups excluding carboxylic acids is 1. The first-order valence-electron chi connectivity index (χ1n) is 11.6. The minimum atomic E-state index is 0.00610. The maximum atomic E-state index is 12.8. The van der Waals surface area contributed by atoms with Gasteiger partial charge >= 0.3 is 0 Å². The first-order chi connectivity index (χ1) is 15.2. The highest BCUT2D eigenvalue weighted by atomic mass is 32.2. The van der Waals surface area contributed by atoms with Gasteiger partial charge in [-0.1, -0.05) is 43.2 Å². The maximum absolute atomic E-state index is 12.8. The molecule has 1 unspecified atom stereocenters. The normalized spacial score (nSPS) is 20.7. The zero-order valence-electron chi connectivity index (χ0n) is 18.5. The van der Waals surface area contributed by atoms with Crippen molar-refractivity contribution >= 4 is 17.7 Å². The Hall–Kier alpha value is -1.89. The zero-order valence-corrected chi connectivity index (χ0v) is 19.3. The number of piperazine rings is 1. The Morgan fingerprint density at radius 3 is 2.74 bits per heavy atom. The SMILES string of the molecule is CN1CCN(CCCNC(=O)c2cccnc2SC2CCCC2)C(c2ccccc2)C1. The molecule has 1 saturated heterocycles. The van der Waals surface area contributed by atoms with Gasteiger partial charge in [0.15, 0.2) is 0 Å². The van der Waals surface area contributed by atoms with Gasteiger partial charge in [-0.05, 0) is 44.0 Å². The Labute approximate surface area is 190 Å². The number of thioether (sulfide) groups is 1. The fourth-order valence-corrected chi connectivity index (χ4v) is 5.91. The van der Waals surface area contributed by atoms with Crippen LogP contribution in [0.1, 0.15) is 54.1 Å². The summed E-state index contributed by atoms with van der Waals surface area (Å²) in [6.45, 7) is 4.88. The van der Waals surface area contributed by atoms with E-state index in [1.165, 1.54) is 31.2 Å². The van der Waals surface area contributed by atoms with Gasteiger partial charge in [-0.3, -0.25) is 9.69 Å². The van der Waals surface area contributed by atoms with Gasteiger partial charge in [0, 0.05) is 50.2 Å². The van der Waals surface area contributed by atoms with Crippen LogP contribution in [-0.4, -0.2) is 65.7 Å². The molecule has 1 atom stereocenters. The number of nitrogens with zero attached hydrogens (tertiary/aromatic N) is 3. The summed E-state index contributed by atoms with van der Waals surface area (Å²) in [6.07, 6.45) is 7.80. The van der Waals surface area contributed by atoms with Gasteiger partial charge in [-0.2, -0.15) is 0 Å². The molecule has 31 heavy (non-hydrogen) atoms. The predicted octanol–water partition coefficient (Wildman–Crippen LogP) is 4.22. The number of likely N-dealkylation sites (N-methyl/N-ethyl adjacent to an activating group) is 1. The molecule has 2 aliphatic rings. The van der Waals surface area contributed by atoms with E-state index in [4.69, 9.17) is 0 Å². The average molecular weight is 439 g/mol. The van der Waals surface area contributed by atoms with Gasteiger partial charge in [0.2, 0.25) is 0 Å². The number of benzene rings is 1.